The predicted octanol–water partition coefficient (Wildman–Crippen LogP) is 4.81. The quantitative estimate of drug-likeness (QED) is 0.246. The molecule has 2 saturated heterocycles. The highest BCUT2D eigenvalue weighted by atomic mass is 28.5. The Balaban J connectivity index is 1.83. The Morgan fingerprint density at radius 3 is 2.22 bits per heavy atom. The van der Waals surface area contributed by atoms with Gasteiger partial charge in [-0.3, -0.25) is 19.5 Å². The summed E-state index contributed by atoms with van der Waals surface area (Å²) in [6.07, 6.45) is -1.01. The number of nitrogen functional groups attached to an aromatic ring is 1. The number of ether oxygens (including phenoxy) is 3. The van der Waals surface area contributed by atoms with Crippen LogP contribution in [0.3, 0.4) is 0 Å². The lowest BCUT2D eigenvalue weighted by molar-refractivity contribution is -0.143. The summed E-state index contributed by atoms with van der Waals surface area (Å²) in [5.74, 6) is -0.763. The monoisotopic (exact) mass is 680 g/mol. The Hall–Kier alpha value is -2.48. The summed E-state index contributed by atoms with van der Waals surface area (Å²) in [4.78, 5) is 37.9. The second-order valence-electron chi connectivity index (χ2n) is 13.7. The number of imidazole rings is 1. The van der Waals surface area contributed by atoms with Crippen molar-refractivity contribution < 1.29 is 36.8 Å². The van der Waals surface area contributed by atoms with Crippen LogP contribution in [0.2, 0.25) is 22.2 Å². The number of nitrogens with one attached hydrogen (secondary N) is 1. The summed E-state index contributed by atoms with van der Waals surface area (Å²) in [7, 11) is -4.50. The lowest BCUT2D eigenvalue weighted by Crippen LogP contribution is -2.66. The SMILES string of the molecule is COC(=O)CCOC1[C@H]2O[Si](C(C)C)(C(C)C)O[Si](C(C)C)(C(C)C)OC[C@H]2O[C@H]1n1cnc2c(N)nc(NC(=O)C(C)C)nc21. The maximum Gasteiger partial charge on any atom is 0.335 e. The first-order valence-electron chi connectivity index (χ1n) is 16.2. The molecule has 3 N–H and O–H groups in total. The van der Waals surface area contributed by atoms with Gasteiger partial charge in [0.05, 0.1) is 33.1 Å². The van der Waals surface area contributed by atoms with E-state index in [9.17, 15) is 9.59 Å². The topological polar surface area (TPSA) is 171 Å². The first-order valence-corrected chi connectivity index (χ1v) is 20.2. The maximum absolute atomic E-state index is 12.5. The lowest BCUT2D eigenvalue weighted by atomic mass is 10.1. The second kappa shape index (κ2) is 14.3. The van der Waals surface area contributed by atoms with E-state index < -0.39 is 47.6 Å². The summed E-state index contributed by atoms with van der Waals surface area (Å²) < 4.78 is 41.4. The molecule has 0 bridgehead atoms. The van der Waals surface area contributed by atoms with E-state index in [1.807, 2.05) is 0 Å². The Morgan fingerprint density at radius 1 is 1.02 bits per heavy atom. The third-order valence-corrected chi connectivity index (χ3v) is 19.2. The maximum atomic E-state index is 12.5. The molecule has 2 aromatic rings. The van der Waals surface area contributed by atoms with E-state index in [1.54, 1.807) is 24.7 Å². The van der Waals surface area contributed by atoms with Crippen molar-refractivity contribution in [3.63, 3.8) is 0 Å². The van der Waals surface area contributed by atoms with Crippen molar-refractivity contribution in [1.82, 2.24) is 19.5 Å². The molecule has 16 heteroatoms. The van der Waals surface area contributed by atoms with Crippen LogP contribution in [-0.4, -0.2) is 87.2 Å². The number of anilines is 2. The van der Waals surface area contributed by atoms with Crippen LogP contribution >= 0.6 is 0 Å². The minimum atomic E-state index is -3.02. The summed E-state index contributed by atoms with van der Waals surface area (Å²) in [6.45, 7) is 21.1. The first kappa shape index (κ1) is 36.4. The zero-order valence-electron chi connectivity index (χ0n) is 29.0. The largest absolute Gasteiger partial charge is 0.469 e. The minimum Gasteiger partial charge on any atom is -0.469 e. The molecular weight excluding hydrogens is 629 g/mol. The van der Waals surface area contributed by atoms with Gasteiger partial charge in [-0.25, -0.2) is 4.98 Å². The van der Waals surface area contributed by atoms with Crippen LogP contribution in [0.1, 0.15) is 81.9 Å². The number of esters is 1. The van der Waals surface area contributed by atoms with E-state index in [-0.39, 0.29) is 65.4 Å². The number of amides is 1. The summed E-state index contributed by atoms with van der Waals surface area (Å²) in [5, 5.41) is 2.72. The Bertz CT molecular complexity index is 1370. The number of nitrogens with zero attached hydrogens (tertiary/aromatic N) is 4. The zero-order chi connectivity index (χ0) is 34.1. The third-order valence-electron chi connectivity index (χ3n) is 8.94. The van der Waals surface area contributed by atoms with Gasteiger partial charge >= 0.3 is 23.1 Å². The van der Waals surface area contributed by atoms with Crippen LogP contribution < -0.4 is 11.1 Å². The number of methoxy groups -OCH3 is 1. The first-order chi connectivity index (χ1) is 21.6. The number of rotatable bonds is 11. The van der Waals surface area contributed by atoms with Crippen molar-refractivity contribution in [2.75, 3.05) is 31.4 Å². The lowest BCUT2D eigenvalue weighted by Gasteiger charge is -2.51. The second-order valence-corrected chi connectivity index (χ2v) is 22.5. The van der Waals surface area contributed by atoms with Gasteiger partial charge in [0.2, 0.25) is 11.9 Å². The van der Waals surface area contributed by atoms with E-state index in [0.29, 0.717) is 11.2 Å². The molecular formula is C30H52N6O8Si2. The molecule has 4 atom stereocenters. The summed E-state index contributed by atoms with van der Waals surface area (Å²) in [5.41, 5.74) is 7.49. The molecule has 46 heavy (non-hydrogen) atoms. The van der Waals surface area contributed by atoms with Crippen molar-refractivity contribution in [1.29, 1.82) is 0 Å². The molecule has 2 aliphatic rings. The zero-order valence-corrected chi connectivity index (χ0v) is 31.0. The molecule has 0 aliphatic carbocycles. The molecule has 1 unspecified atom stereocenters. The molecule has 2 fully saturated rings. The fraction of sp³-hybridized carbons (Fsp3) is 0.767. The van der Waals surface area contributed by atoms with Gasteiger partial charge in [0.1, 0.15) is 23.8 Å². The number of hydrogen-bond acceptors (Lipinski definition) is 12. The third kappa shape index (κ3) is 6.88. The Labute approximate surface area is 273 Å². The normalized spacial score (nSPS) is 24.5. The van der Waals surface area contributed by atoms with Gasteiger partial charge in [0.25, 0.3) is 0 Å². The highest BCUT2D eigenvalue weighted by Crippen LogP contribution is 2.49. The van der Waals surface area contributed by atoms with E-state index in [2.05, 4.69) is 75.7 Å². The molecule has 2 aliphatic heterocycles. The number of fused-ring (bicyclic) bond motifs is 2. The molecule has 2 aromatic heterocycles. The van der Waals surface area contributed by atoms with E-state index in [1.165, 1.54) is 7.11 Å². The number of carbonyl (C=O) groups excluding carboxylic acids is 2. The summed E-state index contributed by atoms with van der Waals surface area (Å²) >= 11 is 0. The van der Waals surface area contributed by atoms with Crippen molar-refractivity contribution in [3.05, 3.63) is 6.33 Å². The van der Waals surface area contributed by atoms with Crippen molar-refractivity contribution in [3.8, 4) is 0 Å². The van der Waals surface area contributed by atoms with Gasteiger partial charge in [-0.2, -0.15) is 9.97 Å². The molecule has 258 valence electrons. The van der Waals surface area contributed by atoms with Gasteiger partial charge in [-0.05, 0) is 22.2 Å². The van der Waals surface area contributed by atoms with Crippen LogP contribution in [0.15, 0.2) is 6.33 Å². The smallest absolute Gasteiger partial charge is 0.335 e. The standard InChI is InChI=1S/C30H52N6O8Si2/c1-16(2)28(38)35-30-33-26(31)23-27(34-30)36(15-32-23)29-25(40-13-12-22(37)39-11)24-21(42-29)14-41-45(17(3)4,18(5)6)44-46(43-24,19(7)8)20(9)10/h15-21,24-25,29H,12-14H2,1-11H3,(H3,31,33,34,35,38)/t21-,24+,25?,29-/m1/s1. The number of nitrogens with two attached hydrogens (primary N) is 1. The molecule has 0 saturated carbocycles. The summed E-state index contributed by atoms with van der Waals surface area (Å²) in [6, 6.07) is 0. The average molecular weight is 681 g/mol. The van der Waals surface area contributed by atoms with Crippen molar-refractivity contribution in [2.45, 2.75) is 122 Å². The highest BCUT2D eigenvalue weighted by Gasteiger charge is 2.62. The minimum absolute atomic E-state index is 0.0446. The van der Waals surface area contributed by atoms with E-state index in [4.69, 9.17) is 32.9 Å². The molecule has 4 heterocycles. The average Bonchev–Trinajstić information content (AvgIpc) is 3.53. The van der Waals surface area contributed by atoms with Crippen molar-refractivity contribution >= 4 is 51.9 Å². The van der Waals surface area contributed by atoms with E-state index in [0.717, 1.165) is 0 Å². The molecule has 1 amide bonds. The molecule has 0 spiro atoms. The molecule has 14 nitrogen and oxygen atoms in total. The Kier molecular flexibility index (Phi) is 11.3. The van der Waals surface area contributed by atoms with Crippen LogP contribution in [0.5, 0.6) is 0 Å². The van der Waals surface area contributed by atoms with Crippen LogP contribution in [0, 0.1) is 5.92 Å². The molecule has 0 radical (unpaired) electrons. The van der Waals surface area contributed by atoms with Gasteiger partial charge in [0, 0.05) is 5.92 Å². The van der Waals surface area contributed by atoms with E-state index >= 15 is 0 Å². The number of carbonyl (C=O) groups is 2. The molecule has 0 aromatic carbocycles. The fourth-order valence-corrected chi connectivity index (χ4v) is 17.5. The van der Waals surface area contributed by atoms with Crippen LogP contribution in [0.25, 0.3) is 11.2 Å². The van der Waals surface area contributed by atoms with Gasteiger partial charge in [-0.1, -0.05) is 69.2 Å². The Morgan fingerprint density at radius 2 is 1.65 bits per heavy atom. The molecule has 4 rings (SSSR count). The van der Waals surface area contributed by atoms with Gasteiger partial charge in [-0.15, -0.1) is 0 Å². The fourth-order valence-electron chi connectivity index (χ4n) is 6.34. The number of hydrogen-bond donors (Lipinski definition) is 2. The van der Waals surface area contributed by atoms with Gasteiger partial charge in [0.15, 0.2) is 17.7 Å². The van der Waals surface area contributed by atoms with Crippen LogP contribution in [0.4, 0.5) is 11.8 Å². The van der Waals surface area contributed by atoms with Crippen molar-refractivity contribution in [2.24, 2.45) is 5.92 Å². The van der Waals surface area contributed by atoms with Crippen LogP contribution in [-0.2, 0) is 36.8 Å². The number of aromatic nitrogens is 4. The predicted molar refractivity (Wildman–Crippen MR) is 177 cm³/mol. The highest BCUT2D eigenvalue weighted by molar-refractivity contribution is 6.84. The van der Waals surface area contributed by atoms with Gasteiger partial charge < -0.3 is 32.9 Å².